The Morgan fingerprint density at radius 2 is 2.19 bits per heavy atom. The number of hydrogen-bond donors (Lipinski definition) is 1. The Bertz CT molecular complexity index is 941. The van der Waals surface area contributed by atoms with E-state index < -0.39 is 16.0 Å². The third-order valence-electron chi connectivity index (χ3n) is 4.79. The van der Waals surface area contributed by atoms with Gasteiger partial charge in [-0.1, -0.05) is 18.0 Å². The number of carboxylic acids is 1. The van der Waals surface area contributed by atoms with Crippen LogP contribution in [0.1, 0.15) is 31.2 Å². The second-order valence-electron chi connectivity index (χ2n) is 6.66. The fraction of sp³-hybridized carbons (Fsp3) is 0.500. The van der Waals surface area contributed by atoms with Gasteiger partial charge in [0.25, 0.3) is 10.0 Å². The summed E-state index contributed by atoms with van der Waals surface area (Å²) in [5.74, 6) is -1.03. The molecule has 9 heteroatoms. The Morgan fingerprint density at radius 3 is 2.93 bits per heavy atom. The molecular weight excluding hydrogens is 410 g/mol. The van der Waals surface area contributed by atoms with Crippen LogP contribution in [-0.4, -0.2) is 49.6 Å². The Labute approximate surface area is 167 Å². The van der Waals surface area contributed by atoms with E-state index in [0.717, 1.165) is 34.9 Å². The van der Waals surface area contributed by atoms with Gasteiger partial charge in [0.15, 0.2) is 0 Å². The van der Waals surface area contributed by atoms with Crippen molar-refractivity contribution in [2.45, 2.75) is 42.9 Å². The van der Waals surface area contributed by atoms with Crippen LogP contribution in [0, 0.1) is 6.92 Å². The molecule has 148 valence electrons. The molecule has 1 fully saturated rings. The normalized spacial score (nSPS) is 18.8. The van der Waals surface area contributed by atoms with Gasteiger partial charge in [0, 0.05) is 28.9 Å². The molecule has 0 spiro atoms. The topological polar surface area (TPSA) is 83.9 Å². The molecular formula is C18H22ClNO5S2. The quantitative estimate of drug-likeness (QED) is 0.672. The summed E-state index contributed by atoms with van der Waals surface area (Å²) in [4.78, 5) is 10.6. The van der Waals surface area contributed by atoms with Crippen LogP contribution in [0.3, 0.4) is 0 Å². The Balaban J connectivity index is 1.85. The molecule has 1 atom stereocenters. The summed E-state index contributed by atoms with van der Waals surface area (Å²) < 4.78 is 34.7. The number of thiophene rings is 1. The molecule has 1 aromatic heterocycles. The Hall–Kier alpha value is -1.19. The van der Waals surface area contributed by atoms with Gasteiger partial charge in [-0.05, 0) is 55.3 Å². The van der Waals surface area contributed by atoms with Crippen LogP contribution >= 0.6 is 22.9 Å². The summed E-state index contributed by atoms with van der Waals surface area (Å²) in [5, 5.41) is 10.1. The summed E-state index contributed by atoms with van der Waals surface area (Å²) in [6.45, 7) is 2.15. The third-order valence-corrected chi connectivity index (χ3v) is 8.85. The molecule has 1 N–H and O–H groups in total. The fourth-order valence-corrected chi connectivity index (χ4v) is 7.23. The van der Waals surface area contributed by atoms with E-state index >= 15 is 0 Å². The molecule has 0 saturated carbocycles. The van der Waals surface area contributed by atoms with Crippen LogP contribution in [-0.2, 0) is 19.6 Å². The van der Waals surface area contributed by atoms with E-state index in [1.807, 2.05) is 13.0 Å². The molecule has 2 aromatic rings. The maximum Gasteiger partial charge on any atom is 0.329 e. The minimum absolute atomic E-state index is 0.175. The van der Waals surface area contributed by atoms with E-state index in [-0.39, 0.29) is 19.3 Å². The predicted molar refractivity (Wildman–Crippen MR) is 106 cm³/mol. The maximum atomic E-state index is 13.4. The first-order valence-electron chi connectivity index (χ1n) is 8.80. The molecule has 6 nitrogen and oxygen atoms in total. The predicted octanol–water partition coefficient (Wildman–Crippen LogP) is 3.90. The van der Waals surface area contributed by atoms with Gasteiger partial charge in [0.1, 0.15) is 10.8 Å². The molecule has 0 bridgehead atoms. The molecule has 1 aromatic carbocycles. The number of hydrogen-bond acceptors (Lipinski definition) is 5. The van der Waals surface area contributed by atoms with Crippen molar-refractivity contribution >= 4 is 49.0 Å². The van der Waals surface area contributed by atoms with Crippen LogP contribution in [0.25, 0.3) is 10.1 Å². The van der Waals surface area contributed by atoms with Crippen molar-refractivity contribution in [2.24, 2.45) is 0 Å². The number of benzene rings is 1. The molecule has 27 heavy (non-hydrogen) atoms. The molecule has 1 aliphatic rings. The number of piperidine rings is 1. The zero-order valence-electron chi connectivity index (χ0n) is 15.0. The number of sulfonamides is 1. The fourth-order valence-electron chi connectivity index (χ4n) is 3.48. The van der Waals surface area contributed by atoms with E-state index in [9.17, 15) is 13.2 Å². The summed E-state index contributed by atoms with van der Waals surface area (Å²) in [7, 11) is -3.63. The number of halogens is 1. The first-order chi connectivity index (χ1) is 12.8. The van der Waals surface area contributed by atoms with Crippen LogP contribution in [0.5, 0.6) is 0 Å². The van der Waals surface area contributed by atoms with Gasteiger partial charge in [-0.2, -0.15) is 4.31 Å². The number of ether oxygens (including phenoxy) is 1. The molecule has 0 amide bonds. The van der Waals surface area contributed by atoms with E-state index in [0.29, 0.717) is 22.2 Å². The maximum absolute atomic E-state index is 13.4. The van der Waals surface area contributed by atoms with E-state index in [1.54, 1.807) is 16.4 Å². The molecule has 2 heterocycles. The van der Waals surface area contributed by atoms with Crippen molar-refractivity contribution in [1.82, 2.24) is 4.31 Å². The highest BCUT2D eigenvalue weighted by Gasteiger charge is 2.35. The van der Waals surface area contributed by atoms with E-state index in [4.69, 9.17) is 21.4 Å². The standard InChI is InChI=1S/C18H22ClNO5S2/c1-12-15-10-13(19)5-6-16(15)26-18(12)27(23,24)20-8-3-2-4-14(20)7-9-25-11-17(21)22/h5-6,10,14H,2-4,7-9,11H2,1H3,(H,21,22). The Morgan fingerprint density at radius 1 is 1.41 bits per heavy atom. The molecule has 1 aliphatic heterocycles. The summed E-state index contributed by atoms with van der Waals surface area (Å²) in [6, 6.07) is 5.24. The van der Waals surface area contributed by atoms with Gasteiger partial charge in [0.2, 0.25) is 0 Å². The number of aliphatic carboxylic acids is 1. The van der Waals surface area contributed by atoms with Crippen LogP contribution in [0.4, 0.5) is 0 Å². The second-order valence-corrected chi connectivity index (χ2v) is 10.2. The SMILES string of the molecule is Cc1c(S(=O)(=O)N2CCCCC2CCOCC(=O)O)sc2ccc(Cl)cc12. The molecule has 1 saturated heterocycles. The number of carboxylic acid groups (broad SMARTS) is 1. The molecule has 0 radical (unpaired) electrons. The van der Waals surface area contributed by atoms with Crippen LogP contribution in [0.2, 0.25) is 5.02 Å². The average molecular weight is 432 g/mol. The lowest BCUT2D eigenvalue weighted by atomic mass is 10.0. The highest BCUT2D eigenvalue weighted by molar-refractivity contribution is 7.91. The number of rotatable bonds is 7. The summed E-state index contributed by atoms with van der Waals surface area (Å²) >= 11 is 7.34. The van der Waals surface area contributed by atoms with Crippen LogP contribution < -0.4 is 0 Å². The molecule has 3 rings (SSSR count). The smallest absolute Gasteiger partial charge is 0.329 e. The molecule has 1 unspecified atom stereocenters. The van der Waals surface area contributed by atoms with Crippen molar-refractivity contribution in [3.63, 3.8) is 0 Å². The van der Waals surface area contributed by atoms with Gasteiger partial charge < -0.3 is 9.84 Å². The van der Waals surface area contributed by atoms with Gasteiger partial charge in [-0.15, -0.1) is 11.3 Å². The minimum atomic E-state index is -3.63. The lowest BCUT2D eigenvalue weighted by Crippen LogP contribution is -2.44. The number of nitrogens with zero attached hydrogens (tertiary/aromatic N) is 1. The van der Waals surface area contributed by atoms with Crippen LogP contribution in [0.15, 0.2) is 22.4 Å². The minimum Gasteiger partial charge on any atom is -0.480 e. The third kappa shape index (κ3) is 4.46. The lowest BCUT2D eigenvalue weighted by molar-refractivity contribution is -0.142. The Kier molecular flexibility index (Phi) is 6.43. The monoisotopic (exact) mass is 431 g/mol. The van der Waals surface area contributed by atoms with Gasteiger partial charge in [0.05, 0.1) is 0 Å². The first-order valence-corrected chi connectivity index (χ1v) is 11.4. The summed E-state index contributed by atoms with van der Waals surface area (Å²) in [6.07, 6.45) is 3.02. The number of fused-ring (bicyclic) bond motifs is 1. The highest BCUT2D eigenvalue weighted by atomic mass is 35.5. The van der Waals surface area contributed by atoms with E-state index in [2.05, 4.69) is 0 Å². The van der Waals surface area contributed by atoms with E-state index in [1.165, 1.54) is 11.3 Å². The number of carbonyl (C=O) groups is 1. The zero-order valence-corrected chi connectivity index (χ0v) is 17.4. The lowest BCUT2D eigenvalue weighted by Gasteiger charge is -2.34. The van der Waals surface area contributed by atoms with Crippen molar-refractivity contribution in [3.8, 4) is 0 Å². The summed E-state index contributed by atoms with van der Waals surface area (Å²) in [5.41, 5.74) is 0.726. The van der Waals surface area contributed by atoms with Gasteiger partial charge in [-0.25, -0.2) is 13.2 Å². The highest BCUT2D eigenvalue weighted by Crippen LogP contribution is 2.38. The first kappa shape index (κ1) is 20.5. The van der Waals surface area contributed by atoms with Gasteiger partial charge in [-0.3, -0.25) is 0 Å². The van der Waals surface area contributed by atoms with Crippen molar-refractivity contribution < 1.29 is 23.1 Å². The van der Waals surface area contributed by atoms with Crippen molar-refractivity contribution in [3.05, 3.63) is 28.8 Å². The molecule has 0 aliphatic carbocycles. The zero-order chi connectivity index (χ0) is 19.6. The van der Waals surface area contributed by atoms with Crippen molar-refractivity contribution in [1.29, 1.82) is 0 Å². The number of aryl methyl sites for hydroxylation is 1. The van der Waals surface area contributed by atoms with Gasteiger partial charge >= 0.3 is 5.97 Å². The van der Waals surface area contributed by atoms with Crippen molar-refractivity contribution in [2.75, 3.05) is 19.8 Å². The second kappa shape index (κ2) is 8.45. The average Bonchev–Trinajstić information content (AvgIpc) is 2.96. The largest absolute Gasteiger partial charge is 0.480 e.